The zero-order chi connectivity index (χ0) is 15.2. The first-order valence-corrected chi connectivity index (χ1v) is 7.18. The molecule has 1 unspecified atom stereocenters. The number of carbonyl (C=O) groups excluding carboxylic acids is 1. The lowest BCUT2D eigenvalue weighted by molar-refractivity contribution is -0.148. The molecule has 0 fully saturated rings. The minimum Gasteiger partial charge on any atom is -0.466 e. The molecule has 2 rings (SSSR count). The van der Waals surface area contributed by atoms with Crippen molar-refractivity contribution in [2.75, 3.05) is 6.61 Å². The van der Waals surface area contributed by atoms with Crippen LogP contribution in [0.2, 0.25) is 0 Å². The Labute approximate surface area is 125 Å². The van der Waals surface area contributed by atoms with Crippen LogP contribution in [0.25, 0.3) is 6.08 Å². The minimum absolute atomic E-state index is 0.211. The normalized spacial score (nSPS) is 20.2. The summed E-state index contributed by atoms with van der Waals surface area (Å²) in [7, 11) is 0. The van der Waals surface area contributed by atoms with E-state index in [1.165, 1.54) is 0 Å². The summed E-state index contributed by atoms with van der Waals surface area (Å²) < 4.78 is 5.11. The fourth-order valence-corrected chi connectivity index (χ4v) is 2.56. The van der Waals surface area contributed by atoms with Gasteiger partial charge in [-0.15, -0.1) is 0 Å². The molecule has 21 heavy (non-hydrogen) atoms. The Morgan fingerprint density at radius 1 is 1.38 bits per heavy atom. The molecular weight excluding hydrogens is 262 g/mol. The van der Waals surface area contributed by atoms with Crippen LogP contribution in [0.5, 0.6) is 0 Å². The van der Waals surface area contributed by atoms with Gasteiger partial charge in [-0.1, -0.05) is 36.4 Å². The van der Waals surface area contributed by atoms with Crippen molar-refractivity contribution in [1.82, 2.24) is 0 Å². The Kier molecular flexibility index (Phi) is 4.94. The molecule has 0 bridgehead atoms. The number of rotatable bonds is 3. The number of allylic oxidation sites excluding steroid dienone is 3. The molecule has 0 saturated heterocycles. The highest BCUT2D eigenvalue weighted by atomic mass is 16.5. The summed E-state index contributed by atoms with van der Waals surface area (Å²) in [6.45, 7) is 4.13. The summed E-state index contributed by atoms with van der Waals surface area (Å²) in [4.78, 5) is 12.0. The van der Waals surface area contributed by atoms with E-state index in [9.17, 15) is 10.1 Å². The molecule has 108 valence electrons. The first-order valence-electron chi connectivity index (χ1n) is 7.18. The summed E-state index contributed by atoms with van der Waals surface area (Å²) in [5.74, 6) is -0.463. The third-order valence-corrected chi connectivity index (χ3v) is 3.75. The third-order valence-electron chi connectivity index (χ3n) is 3.75. The van der Waals surface area contributed by atoms with E-state index in [0.29, 0.717) is 25.0 Å². The van der Waals surface area contributed by atoms with Crippen molar-refractivity contribution < 1.29 is 9.53 Å². The molecule has 0 aromatic heterocycles. The number of nitrogens with zero attached hydrogens (tertiary/aromatic N) is 1. The monoisotopic (exact) mass is 281 g/mol. The molecule has 0 saturated carbocycles. The van der Waals surface area contributed by atoms with E-state index in [1.54, 1.807) is 6.92 Å². The number of nitriles is 1. The lowest BCUT2D eigenvalue weighted by atomic mass is 9.81. The van der Waals surface area contributed by atoms with Crippen molar-refractivity contribution in [1.29, 1.82) is 5.26 Å². The van der Waals surface area contributed by atoms with E-state index >= 15 is 0 Å². The van der Waals surface area contributed by atoms with E-state index in [2.05, 4.69) is 12.1 Å². The van der Waals surface area contributed by atoms with Gasteiger partial charge in [-0.25, -0.2) is 0 Å². The Balaban J connectivity index is 2.33. The van der Waals surface area contributed by atoms with Gasteiger partial charge in [-0.3, -0.25) is 4.79 Å². The first-order chi connectivity index (χ1) is 10.2. The fraction of sp³-hybridized carbons (Fsp3) is 0.333. The summed E-state index contributed by atoms with van der Waals surface area (Å²) in [6.07, 6.45) is 3.16. The van der Waals surface area contributed by atoms with Crippen LogP contribution < -0.4 is 0 Å². The summed E-state index contributed by atoms with van der Waals surface area (Å²) in [5.41, 5.74) is 3.79. The zero-order valence-corrected chi connectivity index (χ0v) is 12.4. The summed E-state index contributed by atoms with van der Waals surface area (Å²) in [6, 6.07) is 12.2. The largest absolute Gasteiger partial charge is 0.466 e. The van der Waals surface area contributed by atoms with Crippen LogP contribution >= 0.6 is 0 Å². The predicted octanol–water partition coefficient (Wildman–Crippen LogP) is 3.88. The van der Waals surface area contributed by atoms with Crippen LogP contribution in [0.15, 0.2) is 47.1 Å². The molecule has 1 aromatic rings. The zero-order valence-electron chi connectivity index (χ0n) is 12.4. The predicted molar refractivity (Wildman–Crippen MR) is 82.1 cm³/mol. The van der Waals surface area contributed by atoms with Gasteiger partial charge in [0.1, 0.15) is 0 Å². The third kappa shape index (κ3) is 3.61. The van der Waals surface area contributed by atoms with Gasteiger partial charge >= 0.3 is 5.97 Å². The Hall–Kier alpha value is -2.34. The molecule has 0 N–H and O–H groups in total. The summed E-state index contributed by atoms with van der Waals surface area (Å²) in [5, 5.41) is 9.29. The van der Waals surface area contributed by atoms with E-state index < -0.39 is 0 Å². The second kappa shape index (κ2) is 6.90. The van der Waals surface area contributed by atoms with Crippen molar-refractivity contribution >= 4 is 12.0 Å². The lowest BCUT2D eigenvalue weighted by Crippen LogP contribution is -2.22. The Morgan fingerprint density at radius 2 is 2.10 bits per heavy atom. The van der Waals surface area contributed by atoms with Gasteiger partial charge < -0.3 is 4.74 Å². The van der Waals surface area contributed by atoms with Crippen LogP contribution in [-0.2, 0) is 9.53 Å². The maximum atomic E-state index is 12.0. The van der Waals surface area contributed by atoms with E-state index in [0.717, 1.165) is 16.7 Å². The average molecular weight is 281 g/mol. The fourth-order valence-electron chi connectivity index (χ4n) is 2.56. The second-order valence-electron chi connectivity index (χ2n) is 5.15. The molecule has 0 radical (unpaired) electrons. The van der Waals surface area contributed by atoms with Gasteiger partial charge in [0.15, 0.2) is 0 Å². The molecule has 3 nitrogen and oxygen atoms in total. The van der Waals surface area contributed by atoms with Crippen molar-refractivity contribution in [3.8, 4) is 6.07 Å². The molecule has 0 heterocycles. The van der Waals surface area contributed by atoms with Gasteiger partial charge in [-0.2, -0.15) is 5.26 Å². The molecule has 1 atom stereocenters. The van der Waals surface area contributed by atoms with Crippen LogP contribution in [0.3, 0.4) is 0 Å². The van der Waals surface area contributed by atoms with E-state index in [4.69, 9.17) is 4.74 Å². The number of carbonyl (C=O) groups is 1. The minimum atomic E-state index is -0.252. The number of esters is 1. The van der Waals surface area contributed by atoms with Gasteiger partial charge in [0.25, 0.3) is 0 Å². The number of ether oxygens (including phenoxy) is 1. The van der Waals surface area contributed by atoms with Crippen molar-refractivity contribution in [2.24, 2.45) is 5.92 Å². The van der Waals surface area contributed by atoms with Crippen LogP contribution in [0.1, 0.15) is 32.3 Å². The molecule has 0 aliphatic heterocycles. The van der Waals surface area contributed by atoms with E-state index in [1.807, 2.05) is 37.3 Å². The molecule has 0 amide bonds. The average Bonchev–Trinajstić information content (AvgIpc) is 2.50. The highest BCUT2D eigenvalue weighted by Gasteiger charge is 2.28. The topological polar surface area (TPSA) is 50.1 Å². The highest BCUT2D eigenvalue weighted by Crippen LogP contribution is 2.35. The Bertz CT molecular complexity index is 620. The summed E-state index contributed by atoms with van der Waals surface area (Å²) >= 11 is 0. The quantitative estimate of drug-likeness (QED) is 0.790. The molecule has 1 aliphatic rings. The number of benzene rings is 1. The standard InChI is InChI=1S/C18H19NO2/c1-3-21-18(20)16-10-15(13(2)17(11-16)12-19)9-14-7-5-4-6-8-14/h4-9,16H,3,10-11H2,1-2H3/b15-9+. The molecule has 1 aromatic carbocycles. The smallest absolute Gasteiger partial charge is 0.309 e. The van der Waals surface area contributed by atoms with Gasteiger partial charge in [0.05, 0.1) is 18.6 Å². The van der Waals surface area contributed by atoms with Crippen LogP contribution in [0.4, 0.5) is 0 Å². The van der Waals surface area contributed by atoms with Crippen molar-refractivity contribution in [3.05, 3.63) is 52.6 Å². The maximum absolute atomic E-state index is 12.0. The van der Waals surface area contributed by atoms with Gasteiger partial charge in [-0.05, 0) is 43.4 Å². The molecular formula is C18H19NO2. The lowest BCUT2D eigenvalue weighted by Gasteiger charge is -2.24. The number of hydrogen-bond acceptors (Lipinski definition) is 3. The van der Waals surface area contributed by atoms with Crippen molar-refractivity contribution in [2.45, 2.75) is 26.7 Å². The van der Waals surface area contributed by atoms with Crippen LogP contribution in [0, 0.1) is 17.2 Å². The Morgan fingerprint density at radius 3 is 2.71 bits per heavy atom. The maximum Gasteiger partial charge on any atom is 0.309 e. The molecule has 1 aliphatic carbocycles. The second-order valence-corrected chi connectivity index (χ2v) is 5.15. The van der Waals surface area contributed by atoms with Gasteiger partial charge in [0, 0.05) is 5.57 Å². The van der Waals surface area contributed by atoms with Crippen LogP contribution in [-0.4, -0.2) is 12.6 Å². The molecule has 3 heteroatoms. The SMILES string of the molecule is CCOC(=O)C1CC(C#N)=C(C)/C(=C/c2ccccc2)C1. The number of hydrogen-bond donors (Lipinski definition) is 0. The van der Waals surface area contributed by atoms with Gasteiger partial charge in [0.2, 0.25) is 0 Å². The first kappa shape index (κ1) is 15.1. The highest BCUT2D eigenvalue weighted by molar-refractivity contribution is 5.76. The van der Waals surface area contributed by atoms with Crippen molar-refractivity contribution in [3.63, 3.8) is 0 Å². The molecule has 0 spiro atoms. The van der Waals surface area contributed by atoms with E-state index in [-0.39, 0.29) is 11.9 Å².